The van der Waals surface area contributed by atoms with Crippen LogP contribution in [-0.4, -0.2) is 14.5 Å². The predicted molar refractivity (Wildman–Crippen MR) is 80.4 cm³/mol. The molecule has 1 N–H and O–H groups in total. The Labute approximate surface area is 121 Å². The normalized spacial score (nSPS) is 10.7. The largest absolute Gasteiger partial charge is 0.381 e. The number of hydrogen-bond donors (Lipinski definition) is 1. The van der Waals surface area contributed by atoms with Gasteiger partial charge in [-0.1, -0.05) is 6.07 Å². The maximum absolute atomic E-state index is 10.8. The number of nitro groups is 1. The third-order valence-electron chi connectivity index (χ3n) is 3.38. The van der Waals surface area contributed by atoms with Crippen molar-refractivity contribution in [2.75, 3.05) is 5.32 Å². The van der Waals surface area contributed by atoms with E-state index in [0.29, 0.717) is 12.1 Å². The van der Waals surface area contributed by atoms with Crippen LogP contribution in [0.2, 0.25) is 0 Å². The number of anilines is 1. The number of nitrogens with one attached hydrogen (secondary N) is 1. The third-order valence-corrected chi connectivity index (χ3v) is 3.38. The molecule has 0 spiro atoms. The second-order valence-electron chi connectivity index (χ2n) is 4.81. The third kappa shape index (κ3) is 2.55. The van der Waals surface area contributed by atoms with E-state index in [1.165, 1.54) is 6.07 Å². The second kappa shape index (κ2) is 5.24. The van der Waals surface area contributed by atoms with Crippen LogP contribution in [0.15, 0.2) is 48.8 Å². The summed E-state index contributed by atoms with van der Waals surface area (Å²) in [5.41, 5.74) is 3.75. The number of hydrogen-bond acceptors (Lipinski definition) is 4. The van der Waals surface area contributed by atoms with Gasteiger partial charge in [0.15, 0.2) is 0 Å². The first-order valence-electron chi connectivity index (χ1n) is 6.55. The monoisotopic (exact) mass is 282 g/mol. The quantitative estimate of drug-likeness (QED) is 0.589. The van der Waals surface area contributed by atoms with Gasteiger partial charge in [-0.2, -0.15) is 5.10 Å². The second-order valence-corrected chi connectivity index (χ2v) is 4.81. The molecule has 3 rings (SSSR count). The van der Waals surface area contributed by atoms with Crippen molar-refractivity contribution in [3.63, 3.8) is 0 Å². The lowest BCUT2D eigenvalue weighted by Crippen LogP contribution is -2.00. The zero-order chi connectivity index (χ0) is 14.8. The number of fused-ring (bicyclic) bond motifs is 1. The molecule has 6 heteroatoms. The van der Waals surface area contributed by atoms with Gasteiger partial charge in [-0.05, 0) is 31.2 Å². The Kier molecular flexibility index (Phi) is 3.27. The maximum Gasteiger partial charge on any atom is 0.272 e. The van der Waals surface area contributed by atoms with E-state index in [-0.39, 0.29) is 10.6 Å². The predicted octanol–water partition coefficient (Wildman–Crippen LogP) is 3.16. The Balaban J connectivity index is 1.79. The minimum atomic E-state index is -0.371. The van der Waals surface area contributed by atoms with Crippen LogP contribution in [0, 0.1) is 17.0 Å². The molecule has 0 radical (unpaired) electrons. The summed E-state index contributed by atoms with van der Waals surface area (Å²) in [5.74, 6) is 0. The first kappa shape index (κ1) is 13.1. The van der Waals surface area contributed by atoms with Crippen LogP contribution >= 0.6 is 0 Å². The van der Waals surface area contributed by atoms with Crippen molar-refractivity contribution in [3.8, 4) is 0 Å². The molecule has 0 aliphatic heterocycles. The van der Waals surface area contributed by atoms with E-state index in [4.69, 9.17) is 0 Å². The van der Waals surface area contributed by atoms with Crippen molar-refractivity contribution in [1.29, 1.82) is 0 Å². The number of pyridine rings is 1. The molecule has 2 heterocycles. The van der Waals surface area contributed by atoms with Gasteiger partial charge in [0.05, 0.1) is 16.6 Å². The average Bonchev–Trinajstić information content (AvgIpc) is 2.88. The van der Waals surface area contributed by atoms with Crippen LogP contribution in [0.4, 0.5) is 11.4 Å². The van der Waals surface area contributed by atoms with Crippen LogP contribution in [0.3, 0.4) is 0 Å². The summed E-state index contributed by atoms with van der Waals surface area (Å²) in [5, 5.41) is 18.3. The maximum atomic E-state index is 10.8. The van der Waals surface area contributed by atoms with Crippen LogP contribution in [-0.2, 0) is 6.54 Å². The molecule has 0 atom stereocenters. The highest BCUT2D eigenvalue weighted by Crippen LogP contribution is 2.22. The minimum absolute atomic E-state index is 0.136. The molecule has 6 nitrogen and oxygen atoms in total. The van der Waals surface area contributed by atoms with Crippen LogP contribution in [0.1, 0.15) is 11.1 Å². The molecule has 2 aromatic heterocycles. The Bertz CT molecular complexity index is 810. The molecule has 0 aliphatic rings. The number of aryl methyl sites for hydroxylation is 1. The van der Waals surface area contributed by atoms with E-state index in [1.54, 1.807) is 19.1 Å². The van der Waals surface area contributed by atoms with Crippen molar-refractivity contribution in [1.82, 2.24) is 9.61 Å². The zero-order valence-electron chi connectivity index (χ0n) is 11.5. The lowest BCUT2D eigenvalue weighted by molar-refractivity contribution is -0.385. The highest BCUT2D eigenvalue weighted by atomic mass is 16.6. The topological polar surface area (TPSA) is 72.5 Å². The summed E-state index contributed by atoms with van der Waals surface area (Å²) in [6.07, 6.45) is 3.72. The Hall–Kier alpha value is -2.89. The van der Waals surface area contributed by atoms with Gasteiger partial charge in [0.2, 0.25) is 0 Å². The molecule has 0 bridgehead atoms. The zero-order valence-corrected chi connectivity index (χ0v) is 11.5. The van der Waals surface area contributed by atoms with Gasteiger partial charge >= 0.3 is 0 Å². The van der Waals surface area contributed by atoms with E-state index in [0.717, 1.165) is 16.8 Å². The van der Waals surface area contributed by atoms with Gasteiger partial charge in [0.1, 0.15) is 0 Å². The summed E-state index contributed by atoms with van der Waals surface area (Å²) >= 11 is 0. The highest BCUT2D eigenvalue weighted by molar-refractivity contribution is 5.57. The summed E-state index contributed by atoms with van der Waals surface area (Å²) in [7, 11) is 0. The van der Waals surface area contributed by atoms with Crippen LogP contribution in [0.25, 0.3) is 5.52 Å². The molecule has 21 heavy (non-hydrogen) atoms. The van der Waals surface area contributed by atoms with Crippen molar-refractivity contribution in [3.05, 3.63) is 70.0 Å². The fourth-order valence-corrected chi connectivity index (χ4v) is 2.29. The minimum Gasteiger partial charge on any atom is -0.381 e. The van der Waals surface area contributed by atoms with Crippen molar-refractivity contribution < 1.29 is 4.92 Å². The molecule has 0 saturated heterocycles. The SMILES string of the molecule is Cc1cc(NCc2cnn3ccccc23)ccc1[N+](=O)[O-]. The number of rotatable bonds is 4. The van der Waals surface area contributed by atoms with Crippen molar-refractivity contribution in [2.45, 2.75) is 13.5 Å². The standard InChI is InChI=1S/C15H14N4O2/c1-11-8-13(5-6-14(11)19(20)21)16-9-12-10-17-18-7-3-2-4-15(12)18/h2-8,10,16H,9H2,1H3. The van der Waals surface area contributed by atoms with Gasteiger partial charge in [0, 0.05) is 35.6 Å². The average molecular weight is 282 g/mol. The molecule has 3 aromatic rings. The molecule has 106 valence electrons. The fourth-order valence-electron chi connectivity index (χ4n) is 2.29. The molecule has 0 saturated carbocycles. The molecule has 0 fully saturated rings. The Morgan fingerprint density at radius 2 is 2.19 bits per heavy atom. The Morgan fingerprint density at radius 1 is 1.33 bits per heavy atom. The molecule has 0 amide bonds. The van der Waals surface area contributed by atoms with E-state index >= 15 is 0 Å². The van der Waals surface area contributed by atoms with Gasteiger partial charge in [-0.3, -0.25) is 10.1 Å². The number of aromatic nitrogens is 2. The summed E-state index contributed by atoms with van der Waals surface area (Å²) in [4.78, 5) is 10.4. The molecule has 0 aliphatic carbocycles. The van der Waals surface area contributed by atoms with E-state index in [1.807, 2.05) is 35.1 Å². The van der Waals surface area contributed by atoms with Gasteiger partial charge < -0.3 is 5.32 Å². The number of nitro benzene ring substituents is 1. The highest BCUT2D eigenvalue weighted by Gasteiger charge is 2.10. The molecule has 0 unspecified atom stereocenters. The number of nitrogens with zero attached hydrogens (tertiary/aromatic N) is 3. The van der Waals surface area contributed by atoms with Gasteiger partial charge in [-0.25, -0.2) is 4.52 Å². The summed E-state index contributed by atoms with van der Waals surface area (Å²) in [6.45, 7) is 2.35. The molecular formula is C15H14N4O2. The van der Waals surface area contributed by atoms with E-state index in [2.05, 4.69) is 10.4 Å². The first-order valence-corrected chi connectivity index (χ1v) is 6.55. The number of benzene rings is 1. The van der Waals surface area contributed by atoms with E-state index < -0.39 is 0 Å². The molecule has 1 aromatic carbocycles. The summed E-state index contributed by atoms with van der Waals surface area (Å²) in [6, 6.07) is 10.9. The van der Waals surface area contributed by atoms with Crippen LogP contribution in [0.5, 0.6) is 0 Å². The van der Waals surface area contributed by atoms with Crippen molar-refractivity contribution in [2.24, 2.45) is 0 Å². The smallest absolute Gasteiger partial charge is 0.272 e. The fraction of sp³-hybridized carbons (Fsp3) is 0.133. The van der Waals surface area contributed by atoms with E-state index in [9.17, 15) is 10.1 Å². The van der Waals surface area contributed by atoms with Crippen molar-refractivity contribution >= 4 is 16.9 Å². The molecular weight excluding hydrogens is 268 g/mol. The van der Waals surface area contributed by atoms with Crippen LogP contribution < -0.4 is 5.32 Å². The lowest BCUT2D eigenvalue weighted by atomic mass is 10.1. The van der Waals surface area contributed by atoms with Gasteiger partial charge in [-0.15, -0.1) is 0 Å². The summed E-state index contributed by atoms with van der Waals surface area (Å²) < 4.78 is 1.82. The first-order chi connectivity index (χ1) is 10.1. The Morgan fingerprint density at radius 3 is 2.95 bits per heavy atom. The van der Waals surface area contributed by atoms with Gasteiger partial charge in [0.25, 0.3) is 5.69 Å². The lowest BCUT2D eigenvalue weighted by Gasteiger charge is -2.06.